The van der Waals surface area contributed by atoms with Crippen LogP contribution in [0.15, 0.2) is 11.1 Å². The first-order valence-corrected chi connectivity index (χ1v) is 11.3. The van der Waals surface area contributed by atoms with Gasteiger partial charge in [-0.1, -0.05) is 20.8 Å². The summed E-state index contributed by atoms with van der Waals surface area (Å²) in [6.07, 6.45) is 6.07. The maximum Gasteiger partial charge on any atom is 0.262 e. The van der Waals surface area contributed by atoms with E-state index >= 15 is 0 Å². The van der Waals surface area contributed by atoms with Crippen LogP contribution in [-0.2, 0) is 19.4 Å². The lowest BCUT2D eigenvalue weighted by atomic mass is 9.91. The second kappa shape index (κ2) is 8.02. The van der Waals surface area contributed by atoms with Gasteiger partial charge in [-0.25, -0.2) is 4.98 Å². The molecule has 5 nitrogen and oxygen atoms in total. The third kappa shape index (κ3) is 3.84. The number of hydrogen-bond donors (Lipinski definition) is 0. The largest absolute Gasteiger partial charge is 0.301 e. The number of likely N-dealkylation sites (N-methyl/N-ethyl adjacent to an activating group) is 1. The van der Waals surface area contributed by atoms with Crippen LogP contribution in [0, 0.1) is 5.92 Å². The van der Waals surface area contributed by atoms with E-state index in [1.54, 1.807) is 17.7 Å². The Morgan fingerprint density at radius 2 is 2.04 bits per heavy atom. The van der Waals surface area contributed by atoms with Crippen molar-refractivity contribution in [3.05, 3.63) is 27.1 Å². The molecule has 0 amide bonds. The van der Waals surface area contributed by atoms with Gasteiger partial charge in [-0.2, -0.15) is 0 Å². The summed E-state index contributed by atoms with van der Waals surface area (Å²) in [5.74, 6) is 0.595. The summed E-state index contributed by atoms with van der Waals surface area (Å²) >= 11 is 1.76. The summed E-state index contributed by atoms with van der Waals surface area (Å²) in [7, 11) is 0. The highest BCUT2D eigenvalue weighted by Crippen LogP contribution is 2.35. The van der Waals surface area contributed by atoms with E-state index in [1.807, 2.05) is 4.57 Å². The molecule has 27 heavy (non-hydrogen) atoms. The standard InChI is InChI=1S/C21H32N4OS/c1-4-23-9-11-24(12-10-23)16-5-6-17-18(13-16)27-20-19(17)21(26)25(14-22-20)8-7-15(2)3/h14-16H,4-13H2,1-3H3. The van der Waals surface area contributed by atoms with Gasteiger partial charge >= 0.3 is 0 Å². The van der Waals surface area contributed by atoms with Gasteiger partial charge in [0.2, 0.25) is 0 Å². The van der Waals surface area contributed by atoms with Crippen molar-refractivity contribution in [2.45, 2.75) is 59.0 Å². The van der Waals surface area contributed by atoms with Crippen LogP contribution in [0.2, 0.25) is 0 Å². The number of aryl methyl sites for hydroxylation is 2. The molecule has 0 aromatic carbocycles. The monoisotopic (exact) mass is 388 g/mol. The molecular formula is C21H32N4OS. The number of nitrogens with zero attached hydrogens (tertiary/aromatic N) is 4. The fourth-order valence-corrected chi connectivity index (χ4v) is 5.75. The van der Waals surface area contributed by atoms with Crippen molar-refractivity contribution >= 4 is 21.6 Å². The molecule has 1 aliphatic heterocycles. The normalized spacial score (nSPS) is 21.9. The lowest BCUT2D eigenvalue weighted by Gasteiger charge is -2.40. The van der Waals surface area contributed by atoms with Gasteiger partial charge in [-0.3, -0.25) is 14.3 Å². The molecule has 0 bridgehead atoms. The van der Waals surface area contributed by atoms with E-state index in [4.69, 9.17) is 0 Å². The van der Waals surface area contributed by atoms with Crippen molar-refractivity contribution in [3.63, 3.8) is 0 Å². The first-order valence-electron chi connectivity index (χ1n) is 10.5. The molecule has 4 rings (SSSR count). The molecule has 2 aromatic rings. The molecule has 148 valence electrons. The third-order valence-electron chi connectivity index (χ3n) is 6.33. The SMILES string of the molecule is CCN1CCN(C2CCc3c(sc4ncn(CCC(C)C)c(=O)c34)C2)CC1. The summed E-state index contributed by atoms with van der Waals surface area (Å²) in [6.45, 7) is 13.3. The highest BCUT2D eigenvalue weighted by Gasteiger charge is 2.30. The molecule has 1 aliphatic carbocycles. The summed E-state index contributed by atoms with van der Waals surface area (Å²) in [4.78, 5) is 25.2. The van der Waals surface area contributed by atoms with E-state index < -0.39 is 0 Å². The average Bonchev–Trinajstić information content (AvgIpc) is 3.06. The van der Waals surface area contributed by atoms with Gasteiger partial charge in [-0.05, 0) is 43.7 Å². The summed E-state index contributed by atoms with van der Waals surface area (Å²) in [6, 6.07) is 0.632. The van der Waals surface area contributed by atoms with Crippen LogP contribution in [0.25, 0.3) is 10.2 Å². The molecular weight excluding hydrogens is 356 g/mol. The molecule has 2 aliphatic rings. The smallest absolute Gasteiger partial charge is 0.262 e. The molecule has 0 spiro atoms. The maximum absolute atomic E-state index is 13.0. The number of fused-ring (bicyclic) bond motifs is 3. The highest BCUT2D eigenvalue weighted by molar-refractivity contribution is 7.18. The fourth-order valence-electron chi connectivity index (χ4n) is 4.50. The predicted octanol–water partition coefficient (Wildman–Crippen LogP) is 3.00. The van der Waals surface area contributed by atoms with Crippen LogP contribution < -0.4 is 5.56 Å². The minimum Gasteiger partial charge on any atom is -0.301 e. The topological polar surface area (TPSA) is 41.4 Å². The van der Waals surface area contributed by atoms with Crippen LogP contribution in [0.5, 0.6) is 0 Å². The molecule has 1 saturated heterocycles. The minimum absolute atomic E-state index is 0.174. The van der Waals surface area contributed by atoms with Crippen molar-refractivity contribution in [3.8, 4) is 0 Å². The van der Waals surface area contributed by atoms with E-state index in [-0.39, 0.29) is 5.56 Å². The molecule has 1 unspecified atom stereocenters. The van der Waals surface area contributed by atoms with Crippen LogP contribution in [0.4, 0.5) is 0 Å². The summed E-state index contributed by atoms with van der Waals surface area (Å²) < 4.78 is 1.82. The maximum atomic E-state index is 13.0. The van der Waals surface area contributed by atoms with Gasteiger partial charge in [0.05, 0.1) is 11.7 Å². The number of hydrogen-bond acceptors (Lipinski definition) is 5. The second-order valence-corrected chi connectivity index (χ2v) is 9.56. The Labute approximate surface area is 166 Å². The zero-order valence-corrected chi connectivity index (χ0v) is 17.7. The van der Waals surface area contributed by atoms with Gasteiger partial charge in [0.1, 0.15) is 4.83 Å². The molecule has 0 N–H and O–H groups in total. The zero-order chi connectivity index (χ0) is 19.0. The fraction of sp³-hybridized carbons (Fsp3) is 0.714. The summed E-state index contributed by atoms with van der Waals surface area (Å²) in [5, 5.41) is 0.913. The van der Waals surface area contributed by atoms with E-state index in [2.05, 4.69) is 35.6 Å². The van der Waals surface area contributed by atoms with Crippen LogP contribution >= 0.6 is 11.3 Å². The minimum atomic E-state index is 0.174. The van der Waals surface area contributed by atoms with Crippen molar-refractivity contribution in [2.75, 3.05) is 32.7 Å². The van der Waals surface area contributed by atoms with Gasteiger partial charge in [0, 0.05) is 43.6 Å². The van der Waals surface area contributed by atoms with Gasteiger partial charge in [-0.15, -0.1) is 11.3 Å². The molecule has 0 radical (unpaired) electrons. The van der Waals surface area contributed by atoms with Crippen LogP contribution in [0.3, 0.4) is 0 Å². The predicted molar refractivity (Wildman–Crippen MR) is 113 cm³/mol. The number of rotatable bonds is 5. The molecule has 2 aromatic heterocycles. The Balaban J connectivity index is 1.54. The Bertz CT molecular complexity index is 848. The lowest BCUT2D eigenvalue weighted by molar-refractivity contribution is 0.0932. The Morgan fingerprint density at radius 3 is 2.74 bits per heavy atom. The Morgan fingerprint density at radius 1 is 1.26 bits per heavy atom. The Kier molecular flexibility index (Phi) is 5.67. The van der Waals surface area contributed by atoms with Crippen molar-refractivity contribution in [2.24, 2.45) is 5.92 Å². The molecule has 0 saturated carbocycles. The van der Waals surface area contributed by atoms with E-state index in [9.17, 15) is 4.79 Å². The van der Waals surface area contributed by atoms with Crippen molar-refractivity contribution < 1.29 is 0 Å². The van der Waals surface area contributed by atoms with E-state index in [0.29, 0.717) is 12.0 Å². The number of thiophene rings is 1. The third-order valence-corrected chi connectivity index (χ3v) is 7.49. The molecule has 1 atom stereocenters. The van der Waals surface area contributed by atoms with Crippen molar-refractivity contribution in [1.82, 2.24) is 19.4 Å². The van der Waals surface area contributed by atoms with E-state index in [0.717, 1.165) is 42.6 Å². The molecule has 1 fully saturated rings. The second-order valence-electron chi connectivity index (χ2n) is 8.48. The summed E-state index contributed by atoms with van der Waals surface area (Å²) in [5.41, 5.74) is 1.48. The highest BCUT2D eigenvalue weighted by atomic mass is 32.1. The zero-order valence-electron chi connectivity index (χ0n) is 16.9. The quantitative estimate of drug-likeness (QED) is 0.790. The van der Waals surface area contributed by atoms with Crippen LogP contribution in [-0.4, -0.2) is 58.1 Å². The van der Waals surface area contributed by atoms with Crippen LogP contribution in [0.1, 0.15) is 44.1 Å². The lowest BCUT2D eigenvalue weighted by Crippen LogP contribution is -2.51. The van der Waals surface area contributed by atoms with Gasteiger partial charge in [0.25, 0.3) is 5.56 Å². The number of piperazine rings is 1. The van der Waals surface area contributed by atoms with E-state index in [1.165, 1.54) is 43.0 Å². The van der Waals surface area contributed by atoms with Crippen molar-refractivity contribution in [1.29, 1.82) is 0 Å². The first kappa shape index (κ1) is 19.1. The Hall–Kier alpha value is -1.24. The molecule has 3 heterocycles. The first-order chi connectivity index (χ1) is 13.1. The molecule has 6 heteroatoms. The number of aromatic nitrogens is 2. The van der Waals surface area contributed by atoms with Gasteiger partial charge < -0.3 is 4.90 Å². The average molecular weight is 389 g/mol. The van der Waals surface area contributed by atoms with Gasteiger partial charge in [0.15, 0.2) is 0 Å².